The molecule has 0 aromatic heterocycles. The van der Waals surface area contributed by atoms with Crippen LogP contribution in [-0.2, 0) is 0 Å². The van der Waals surface area contributed by atoms with Gasteiger partial charge in [0, 0.05) is 29.2 Å². The molecule has 0 aliphatic heterocycles. The van der Waals surface area contributed by atoms with Crippen molar-refractivity contribution in [3.8, 4) is 59.4 Å². The summed E-state index contributed by atoms with van der Waals surface area (Å²) in [5, 5.41) is 8.13. The summed E-state index contributed by atoms with van der Waals surface area (Å²) in [6, 6.07) is 5.43. The number of aryl methyl sites for hydroxylation is 2. The zero-order valence-electron chi connectivity index (χ0n) is 11.6. The third-order valence-electron chi connectivity index (χ3n) is 2.44. The summed E-state index contributed by atoms with van der Waals surface area (Å²) in [4.78, 5) is 11.8. The zero-order chi connectivity index (χ0) is 15.5. The Hall–Kier alpha value is -3.51. The number of carbonyl (C=O) groups is 1. The van der Waals surface area contributed by atoms with Crippen LogP contribution in [0.2, 0.25) is 0 Å². The number of hydrogen-bond donors (Lipinski definition) is 1. The van der Waals surface area contributed by atoms with Gasteiger partial charge in [-0.15, -0.1) is 0 Å². The van der Waals surface area contributed by atoms with Crippen LogP contribution in [0.5, 0.6) is 0 Å². The van der Waals surface area contributed by atoms with Crippen molar-refractivity contribution in [1.29, 1.82) is 0 Å². The highest BCUT2D eigenvalue weighted by Crippen LogP contribution is 2.09. The number of rotatable bonds is 1. The second kappa shape index (κ2) is 8.57. The fourth-order valence-corrected chi connectivity index (χ4v) is 1.26. The highest BCUT2D eigenvalue weighted by atomic mass is 16.2. The summed E-state index contributed by atoms with van der Waals surface area (Å²) in [5.74, 6) is 21.1. The van der Waals surface area contributed by atoms with Crippen molar-refractivity contribution in [3.05, 3.63) is 34.9 Å². The summed E-state index contributed by atoms with van der Waals surface area (Å²) >= 11 is 0. The maximum absolute atomic E-state index is 11.8. The number of hydrogen-bond acceptors (Lipinski definition) is 2. The minimum atomic E-state index is -0.279. The molecule has 0 fully saturated rings. The summed E-state index contributed by atoms with van der Waals surface area (Å²) < 4.78 is 0. The molecule has 0 aliphatic rings. The lowest BCUT2D eigenvalue weighted by Crippen LogP contribution is -1.96. The monoisotopic (exact) mass is 270 g/mol. The fraction of sp³-hybridized carbons (Fsp3) is 0.105. The van der Waals surface area contributed by atoms with Crippen molar-refractivity contribution < 1.29 is 9.90 Å². The second-order valence-corrected chi connectivity index (χ2v) is 3.86. The molecule has 1 rings (SSSR count). The first kappa shape index (κ1) is 15.5. The van der Waals surface area contributed by atoms with Crippen molar-refractivity contribution in [3.63, 3.8) is 0 Å². The number of aliphatic hydroxyl groups excluding tert-OH is 1. The van der Waals surface area contributed by atoms with Gasteiger partial charge in [-0.1, -0.05) is 12.1 Å². The molecule has 21 heavy (non-hydrogen) atoms. The van der Waals surface area contributed by atoms with Crippen molar-refractivity contribution in [2.24, 2.45) is 0 Å². The van der Waals surface area contributed by atoms with Crippen LogP contribution in [0, 0.1) is 73.2 Å². The number of aliphatic hydroxyl groups is 1. The number of benzene rings is 1. The van der Waals surface area contributed by atoms with Gasteiger partial charge in [0.25, 0.3) is 0 Å². The molecule has 0 radical (unpaired) electrons. The largest absolute Gasteiger partial charge is 0.461 e. The van der Waals surface area contributed by atoms with E-state index in [-0.39, 0.29) is 5.78 Å². The Labute approximate surface area is 124 Å². The first-order valence-electron chi connectivity index (χ1n) is 5.92. The van der Waals surface area contributed by atoms with Gasteiger partial charge < -0.3 is 5.11 Å². The lowest BCUT2D eigenvalue weighted by molar-refractivity contribution is 0.105. The van der Waals surface area contributed by atoms with Gasteiger partial charge in [-0.25, -0.2) is 0 Å². The maximum atomic E-state index is 11.8. The molecule has 0 amide bonds. The van der Waals surface area contributed by atoms with E-state index in [1.807, 2.05) is 19.9 Å². The lowest BCUT2D eigenvalue weighted by Gasteiger charge is -2.00. The Balaban J connectivity index is 2.71. The van der Waals surface area contributed by atoms with Crippen LogP contribution in [-0.4, -0.2) is 10.9 Å². The highest BCUT2D eigenvalue weighted by Gasteiger charge is 2.02. The smallest absolute Gasteiger partial charge is 0.236 e. The molecule has 0 heterocycles. The molecule has 1 aromatic rings. The molecular weight excluding hydrogens is 260 g/mol. The first-order valence-corrected chi connectivity index (χ1v) is 5.92. The van der Waals surface area contributed by atoms with E-state index in [2.05, 4.69) is 53.3 Å². The summed E-state index contributed by atoms with van der Waals surface area (Å²) in [7, 11) is 0. The molecule has 2 nitrogen and oxygen atoms in total. The Morgan fingerprint density at radius 3 is 2.00 bits per heavy atom. The van der Waals surface area contributed by atoms with E-state index in [0.29, 0.717) is 5.56 Å². The van der Waals surface area contributed by atoms with Crippen LogP contribution in [0.15, 0.2) is 18.2 Å². The highest BCUT2D eigenvalue weighted by molar-refractivity contribution is 6.09. The van der Waals surface area contributed by atoms with Crippen molar-refractivity contribution in [2.45, 2.75) is 13.8 Å². The van der Waals surface area contributed by atoms with Gasteiger partial charge in [-0.2, -0.15) is 0 Å². The number of ketones is 1. The van der Waals surface area contributed by atoms with Gasteiger partial charge >= 0.3 is 0 Å². The summed E-state index contributed by atoms with van der Waals surface area (Å²) in [5.41, 5.74) is 2.72. The second-order valence-electron chi connectivity index (χ2n) is 3.86. The van der Waals surface area contributed by atoms with Gasteiger partial charge in [-0.05, 0) is 60.6 Å². The van der Waals surface area contributed by atoms with E-state index in [4.69, 9.17) is 5.11 Å². The number of Topliss-reactive ketones (excluding diaryl/α,β-unsaturated/α-hetero) is 1. The van der Waals surface area contributed by atoms with Crippen molar-refractivity contribution in [1.82, 2.24) is 0 Å². The molecular formula is C19H10O2. The number of carbonyl (C=O) groups excluding carboxylic acids is 1. The van der Waals surface area contributed by atoms with Crippen LogP contribution < -0.4 is 0 Å². The van der Waals surface area contributed by atoms with Crippen LogP contribution in [0.1, 0.15) is 21.5 Å². The van der Waals surface area contributed by atoms with E-state index < -0.39 is 0 Å². The Kier molecular flexibility index (Phi) is 6.34. The van der Waals surface area contributed by atoms with Gasteiger partial charge in [0.05, 0.1) is 0 Å². The predicted octanol–water partition coefficient (Wildman–Crippen LogP) is 1.83. The molecule has 0 unspecified atom stereocenters. The van der Waals surface area contributed by atoms with Crippen LogP contribution in [0.25, 0.3) is 0 Å². The van der Waals surface area contributed by atoms with Crippen molar-refractivity contribution >= 4 is 5.78 Å². The van der Waals surface area contributed by atoms with E-state index in [9.17, 15) is 4.79 Å². The van der Waals surface area contributed by atoms with Gasteiger partial charge in [0.1, 0.15) is 6.11 Å². The van der Waals surface area contributed by atoms with Crippen LogP contribution in [0.3, 0.4) is 0 Å². The van der Waals surface area contributed by atoms with E-state index in [1.54, 1.807) is 18.2 Å². The normalized spacial score (nSPS) is 6.95. The zero-order valence-corrected chi connectivity index (χ0v) is 11.6. The van der Waals surface area contributed by atoms with E-state index >= 15 is 0 Å². The minimum Gasteiger partial charge on any atom is -0.461 e. The Morgan fingerprint density at radius 1 is 0.857 bits per heavy atom. The molecule has 1 aromatic carbocycles. The minimum absolute atomic E-state index is 0.279. The molecule has 2 heteroatoms. The van der Waals surface area contributed by atoms with Crippen molar-refractivity contribution in [2.75, 3.05) is 0 Å². The molecule has 98 valence electrons. The van der Waals surface area contributed by atoms with Crippen LogP contribution >= 0.6 is 0 Å². The Bertz CT molecular complexity index is 862. The quantitative estimate of drug-likeness (QED) is 0.480. The molecule has 0 saturated heterocycles. The molecule has 0 bridgehead atoms. The van der Waals surface area contributed by atoms with Crippen LogP contribution in [0.4, 0.5) is 0 Å². The summed E-state index contributed by atoms with van der Waals surface area (Å²) in [6.45, 7) is 3.92. The standard InChI is InChI=1S/C19H10O2/c1-16-12-13-18(15-17(16)2)19(21)11-9-7-5-3-4-6-8-10-14-20/h12-13,15,20H,1-2H3. The summed E-state index contributed by atoms with van der Waals surface area (Å²) in [6.07, 6.45) is 1.63. The third-order valence-corrected chi connectivity index (χ3v) is 2.44. The average Bonchev–Trinajstić information content (AvgIpc) is 2.48. The first-order chi connectivity index (χ1) is 10.1. The molecule has 0 spiro atoms. The van der Waals surface area contributed by atoms with Gasteiger partial charge in [-0.3, -0.25) is 4.79 Å². The fourth-order valence-electron chi connectivity index (χ4n) is 1.26. The maximum Gasteiger partial charge on any atom is 0.236 e. The van der Waals surface area contributed by atoms with E-state index in [0.717, 1.165) is 11.1 Å². The SMILES string of the molecule is Cc1ccc(C(=O)C#CC#CC#CC#CC#CO)cc1C. The van der Waals surface area contributed by atoms with Gasteiger partial charge in [0.15, 0.2) is 0 Å². The molecule has 1 N–H and O–H groups in total. The molecule has 0 saturated carbocycles. The molecule has 0 aliphatic carbocycles. The Morgan fingerprint density at radius 2 is 1.43 bits per heavy atom. The van der Waals surface area contributed by atoms with Gasteiger partial charge in [0.2, 0.25) is 5.78 Å². The average molecular weight is 270 g/mol. The predicted molar refractivity (Wildman–Crippen MR) is 81.1 cm³/mol. The third kappa shape index (κ3) is 5.77. The van der Waals surface area contributed by atoms with E-state index in [1.165, 1.54) is 0 Å². The molecule has 0 atom stereocenters. The lowest BCUT2D eigenvalue weighted by atomic mass is 10.0. The topological polar surface area (TPSA) is 37.3 Å².